The second-order valence-corrected chi connectivity index (χ2v) is 9.07. The van der Waals surface area contributed by atoms with Crippen molar-refractivity contribution in [3.8, 4) is 17.3 Å². The Hall–Kier alpha value is -3.54. The monoisotopic (exact) mass is 486 g/mol. The van der Waals surface area contributed by atoms with E-state index in [-0.39, 0.29) is 29.8 Å². The van der Waals surface area contributed by atoms with E-state index in [0.717, 1.165) is 0 Å². The van der Waals surface area contributed by atoms with Gasteiger partial charge in [-0.25, -0.2) is 13.1 Å². The lowest BCUT2D eigenvalue weighted by Gasteiger charge is -2.09. The van der Waals surface area contributed by atoms with Crippen molar-refractivity contribution >= 4 is 38.9 Å². The van der Waals surface area contributed by atoms with Gasteiger partial charge in [-0.1, -0.05) is 23.7 Å². The Labute approximate surface area is 194 Å². The van der Waals surface area contributed by atoms with Gasteiger partial charge in [-0.15, -0.1) is 15.3 Å². The first-order valence-electron chi connectivity index (χ1n) is 9.81. The Morgan fingerprint density at radius 3 is 2.55 bits per heavy atom. The molecule has 2 aromatic carbocycles. The Morgan fingerprint density at radius 2 is 1.82 bits per heavy atom. The summed E-state index contributed by atoms with van der Waals surface area (Å²) in [6, 6.07) is 16.4. The predicted molar refractivity (Wildman–Crippen MR) is 123 cm³/mol. The molecule has 0 spiro atoms. The molecule has 0 unspecified atom stereocenters. The van der Waals surface area contributed by atoms with Crippen LogP contribution in [0.4, 0.5) is 5.69 Å². The van der Waals surface area contributed by atoms with Crippen molar-refractivity contribution in [1.82, 2.24) is 24.5 Å². The Balaban J connectivity index is 1.39. The van der Waals surface area contributed by atoms with Crippen LogP contribution in [0.1, 0.15) is 6.92 Å². The Kier molecular flexibility index (Phi) is 6.54. The lowest BCUT2D eigenvalue weighted by atomic mass is 10.2. The summed E-state index contributed by atoms with van der Waals surface area (Å²) in [4.78, 5) is 11.1. The minimum atomic E-state index is -3.74. The number of nitrogens with one attached hydrogen (secondary N) is 2. The molecule has 4 aromatic rings. The maximum absolute atomic E-state index is 12.4. The SMILES string of the molecule is CC(=O)Nc1ccc(S(=O)(=O)NCCOc2ccc3nnc(-c4ccccc4Cl)n3n2)cc1. The molecule has 2 aromatic heterocycles. The van der Waals surface area contributed by atoms with Crippen LogP contribution in [0.3, 0.4) is 0 Å². The van der Waals surface area contributed by atoms with Crippen molar-refractivity contribution in [2.75, 3.05) is 18.5 Å². The summed E-state index contributed by atoms with van der Waals surface area (Å²) in [5.74, 6) is 0.497. The molecule has 170 valence electrons. The van der Waals surface area contributed by atoms with Crippen LogP contribution in [0.5, 0.6) is 5.88 Å². The average molecular weight is 487 g/mol. The number of hydrogen-bond donors (Lipinski definition) is 2. The summed E-state index contributed by atoms with van der Waals surface area (Å²) >= 11 is 6.26. The molecule has 0 saturated carbocycles. The molecule has 0 atom stereocenters. The number of fused-ring (bicyclic) bond motifs is 1. The maximum atomic E-state index is 12.4. The fourth-order valence-electron chi connectivity index (χ4n) is 3.00. The highest BCUT2D eigenvalue weighted by molar-refractivity contribution is 7.89. The van der Waals surface area contributed by atoms with Crippen molar-refractivity contribution in [2.24, 2.45) is 0 Å². The quantitative estimate of drug-likeness (QED) is 0.366. The molecular weight excluding hydrogens is 468 g/mol. The Morgan fingerprint density at radius 1 is 1.06 bits per heavy atom. The highest BCUT2D eigenvalue weighted by Crippen LogP contribution is 2.26. The second kappa shape index (κ2) is 9.53. The van der Waals surface area contributed by atoms with Crippen LogP contribution >= 0.6 is 11.6 Å². The lowest BCUT2D eigenvalue weighted by molar-refractivity contribution is -0.114. The number of ether oxygens (including phenoxy) is 1. The number of nitrogens with zero attached hydrogens (tertiary/aromatic N) is 4. The van der Waals surface area contributed by atoms with Crippen molar-refractivity contribution in [2.45, 2.75) is 11.8 Å². The smallest absolute Gasteiger partial charge is 0.240 e. The first-order valence-corrected chi connectivity index (χ1v) is 11.7. The molecule has 2 heterocycles. The number of carbonyl (C=O) groups is 1. The fraction of sp³-hybridized carbons (Fsp3) is 0.143. The summed E-state index contributed by atoms with van der Waals surface area (Å²) < 4.78 is 34.5. The van der Waals surface area contributed by atoms with Gasteiger partial charge in [0.2, 0.25) is 21.8 Å². The molecule has 10 nitrogen and oxygen atoms in total. The summed E-state index contributed by atoms with van der Waals surface area (Å²) in [6.45, 7) is 1.44. The zero-order valence-corrected chi connectivity index (χ0v) is 19.0. The van der Waals surface area contributed by atoms with Crippen LogP contribution in [0.25, 0.3) is 17.0 Å². The summed E-state index contributed by atoms with van der Waals surface area (Å²) in [6.07, 6.45) is 0. The third-order valence-electron chi connectivity index (χ3n) is 4.48. The molecule has 0 fully saturated rings. The molecule has 33 heavy (non-hydrogen) atoms. The van der Waals surface area contributed by atoms with Crippen LogP contribution in [0, 0.1) is 0 Å². The van der Waals surface area contributed by atoms with Gasteiger partial charge >= 0.3 is 0 Å². The van der Waals surface area contributed by atoms with Gasteiger partial charge in [0.15, 0.2) is 11.5 Å². The van der Waals surface area contributed by atoms with E-state index in [2.05, 4.69) is 25.3 Å². The van der Waals surface area contributed by atoms with Gasteiger partial charge in [0, 0.05) is 30.8 Å². The number of hydrogen-bond acceptors (Lipinski definition) is 7. The van der Waals surface area contributed by atoms with Crippen molar-refractivity contribution in [1.29, 1.82) is 0 Å². The molecule has 2 N–H and O–H groups in total. The van der Waals surface area contributed by atoms with E-state index < -0.39 is 10.0 Å². The highest BCUT2D eigenvalue weighted by Gasteiger charge is 2.15. The van der Waals surface area contributed by atoms with Crippen molar-refractivity contribution < 1.29 is 17.9 Å². The number of sulfonamides is 1. The third-order valence-corrected chi connectivity index (χ3v) is 6.29. The lowest BCUT2D eigenvalue weighted by Crippen LogP contribution is -2.28. The van der Waals surface area contributed by atoms with E-state index >= 15 is 0 Å². The molecule has 0 radical (unpaired) electrons. The average Bonchev–Trinajstić information content (AvgIpc) is 3.20. The number of anilines is 1. The molecule has 4 rings (SSSR count). The van der Waals surface area contributed by atoms with Crippen molar-refractivity contribution in [3.05, 3.63) is 65.7 Å². The number of aromatic nitrogens is 4. The molecule has 0 aliphatic rings. The molecule has 1 amide bonds. The molecule has 0 aliphatic heterocycles. The van der Waals surface area contributed by atoms with Crippen LogP contribution in [-0.4, -0.2) is 47.3 Å². The van der Waals surface area contributed by atoms with Crippen LogP contribution < -0.4 is 14.8 Å². The molecule has 0 aliphatic carbocycles. The number of carbonyl (C=O) groups excluding carboxylic acids is 1. The molecule has 0 saturated heterocycles. The fourth-order valence-corrected chi connectivity index (χ4v) is 4.23. The van der Waals surface area contributed by atoms with Gasteiger partial charge in [-0.2, -0.15) is 4.52 Å². The van der Waals surface area contributed by atoms with Crippen LogP contribution in [0.2, 0.25) is 5.02 Å². The van der Waals surface area contributed by atoms with E-state index in [0.29, 0.717) is 27.7 Å². The van der Waals surface area contributed by atoms with E-state index in [1.54, 1.807) is 18.2 Å². The largest absolute Gasteiger partial charge is 0.475 e. The van der Waals surface area contributed by atoms with Crippen molar-refractivity contribution in [3.63, 3.8) is 0 Å². The Bertz CT molecular complexity index is 1410. The predicted octanol–water partition coefficient (Wildman–Crippen LogP) is 2.76. The van der Waals surface area contributed by atoms with Crippen LogP contribution in [-0.2, 0) is 14.8 Å². The van der Waals surface area contributed by atoms with Gasteiger partial charge in [-0.3, -0.25) is 4.79 Å². The molecule has 12 heteroatoms. The topological polar surface area (TPSA) is 128 Å². The number of benzene rings is 2. The molecular formula is C21H19ClN6O4S. The van der Waals surface area contributed by atoms with E-state index in [1.807, 2.05) is 18.2 Å². The first kappa shape index (κ1) is 22.6. The van der Waals surface area contributed by atoms with E-state index in [9.17, 15) is 13.2 Å². The summed E-state index contributed by atoms with van der Waals surface area (Å²) in [7, 11) is -3.74. The third kappa shape index (κ3) is 5.28. The van der Waals surface area contributed by atoms with Gasteiger partial charge < -0.3 is 10.1 Å². The molecule has 0 bridgehead atoms. The van der Waals surface area contributed by atoms with Crippen LogP contribution in [0.15, 0.2) is 65.6 Å². The van der Waals surface area contributed by atoms with Gasteiger partial charge in [0.05, 0.1) is 9.92 Å². The maximum Gasteiger partial charge on any atom is 0.240 e. The standard InChI is InChI=1S/C21H19ClN6O4S/c1-14(29)24-15-6-8-16(9-7-15)33(30,31)23-12-13-32-20-11-10-19-25-26-21(28(19)27-20)17-4-2-3-5-18(17)22/h2-11,23H,12-13H2,1H3,(H,24,29). The normalized spacial score (nSPS) is 11.5. The number of halogens is 1. The van der Waals surface area contributed by atoms with Gasteiger partial charge in [-0.05, 0) is 42.5 Å². The first-order chi connectivity index (χ1) is 15.8. The zero-order chi connectivity index (χ0) is 23.4. The van der Waals surface area contributed by atoms with E-state index in [4.69, 9.17) is 16.3 Å². The van der Waals surface area contributed by atoms with Gasteiger partial charge in [0.1, 0.15) is 6.61 Å². The highest BCUT2D eigenvalue weighted by atomic mass is 35.5. The minimum Gasteiger partial charge on any atom is -0.475 e. The number of rotatable bonds is 8. The second-order valence-electron chi connectivity index (χ2n) is 6.90. The minimum absolute atomic E-state index is 0.0229. The zero-order valence-electron chi connectivity index (χ0n) is 17.4. The summed E-state index contributed by atoms with van der Waals surface area (Å²) in [5, 5.41) is 15.7. The van der Waals surface area contributed by atoms with E-state index in [1.165, 1.54) is 35.7 Å². The van der Waals surface area contributed by atoms with Gasteiger partial charge in [0.25, 0.3) is 0 Å². The number of amides is 1. The summed E-state index contributed by atoms with van der Waals surface area (Å²) in [5.41, 5.74) is 1.70.